The first kappa shape index (κ1) is 14.6. The molecule has 8 heteroatoms. The molecule has 1 aromatic rings. The van der Waals surface area contributed by atoms with Gasteiger partial charge in [-0.1, -0.05) is 6.07 Å². The number of halogens is 3. The molecule has 0 bridgehead atoms. The molecular weight excluding hydrogens is 273 g/mol. The maximum atomic E-state index is 13.0. The van der Waals surface area contributed by atoms with E-state index in [9.17, 15) is 13.2 Å². The molecule has 0 fully saturated rings. The van der Waals surface area contributed by atoms with E-state index < -0.39 is 23.2 Å². The van der Waals surface area contributed by atoms with Crippen molar-refractivity contribution in [3.05, 3.63) is 23.9 Å². The first-order valence-corrected chi connectivity index (χ1v) is 5.88. The van der Waals surface area contributed by atoms with Gasteiger partial charge in [-0.15, -0.1) is 0 Å². The number of rotatable bonds is 1. The maximum Gasteiger partial charge on any atom is 0.424 e. The quantitative estimate of drug-likeness (QED) is 0.821. The SMILES string of the molecule is CC1(c2cccc(N)n2)COC(C)(C(F)(F)F)C(N)=N1. The average Bonchev–Trinajstić information content (AvgIpc) is 2.33. The van der Waals surface area contributed by atoms with Gasteiger partial charge in [0.15, 0.2) is 0 Å². The molecule has 20 heavy (non-hydrogen) atoms. The Morgan fingerprint density at radius 2 is 1.90 bits per heavy atom. The number of alkyl halides is 3. The summed E-state index contributed by atoms with van der Waals surface area (Å²) < 4.78 is 43.9. The number of hydrogen-bond acceptors (Lipinski definition) is 5. The van der Waals surface area contributed by atoms with Crippen molar-refractivity contribution in [2.24, 2.45) is 10.7 Å². The van der Waals surface area contributed by atoms with E-state index in [-0.39, 0.29) is 12.4 Å². The number of aromatic nitrogens is 1. The van der Waals surface area contributed by atoms with Gasteiger partial charge in [-0.3, -0.25) is 4.99 Å². The number of anilines is 1. The fourth-order valence-corrected chi connectivity index (χ4v) is 1.87. The monoisotopic (exact) mass is 288 g/mol. The largest absolute Gasteiger partial charge is 0.424 e. The molecule has 0 aromatic carbocycles. The first-order valence-electron chi connectivity index (χ1n) is 5.88. The number of hydrogen-bond donors (Lipinski definition) is 2. The van der Waals surface area contributed by atoms with E-state index in [2.05, 4.69) is 9.98 Å². The van der Waals surface area contributed by atoms with Crippen LogP contribution < -0.4 is 11.5 Å². The molecule has 2 heterocycles. The summed E-state index contributed by atoms with van der Waals surface area (Å²) in [6.07, 6.45) is -4.63. The molecule has 0 saturated carbocycles. The van der Waals surface area contributed by atoms with E-state index in [0.717, 1.165) is 6.92 Å². The molecule has 0 radical (unpaired) electrons. The van der Waals surface area contributed by atoms with Crippen LogP contribution in [0.1, 0.15) is 19.5 Å². The summed E-state index contributed by atoms with van der Waals surface area (Å²) in [5.41, 5.74) is 7.80. The number of nitrogen functional groups attached to an aromatic ring is 1. The molecule has 110 valence electrons. The zero-order chi connectivity index (χ0) is 15.2. The van der Waals surface area contributed by atoms with E-state index in [4.69, 9.17) is 16.2 Å². The van der Waals surface area contributed by atoms with Gasteiger partial charge in [0.2, 0.25) is 5.60 Å². The third-order valence-electron chi connectivity index (χ3n) is 3.36. The molecule has 0 spiro atoms. The molecule has 0 saturated heterocycles. The van der Waals surface area contributed by atoms with Gasteiger partial charge in [0.05, 0.1) is 12.3 Å². The molecule has 1 aliphatic rings. The second-order valence-electron chi connectivity index (χ2n) is 5.04. The lowest BCUT2D eigenvalue weighted by atomic mass is 9.93. The van der Waals surface area contributed by atoms with Crippen molar-refractivity contribution in [3.63, 3.8) is 0 Å². The standard InChI is InChI=1S/C12H15F3N4O/c1-10(7-4-3-5-8(16)18-7)6-20-11(2,9(17)19-10)12(13,14)15/h3-5H,6H2,1-2H3,(H2,16,18)(H2,17,19). The van der Waals surface area contributed by atoms with Gasteiger partial charge in [-0.25, -0.2) is 4.98 Å². The molecular formula is C12H15F3N4O. The second kappa shape index (κ2) is 4.34. The molecule has 1 aromatic heterocycles. The Labute approximate surface area is 113 Å². The van der Waals surface area contributed by atoms with Crippen molar-refractivity contribution in [3.8, 4) is 0 Å². The van der Waals surface area contributed by atoms with Crippen LogP contribution in [0.4, 0.5) is 19.0 Å². The normalized spacial score (nSPS) is 30.9. The van der Waals surface area contributed by atoms with Gasteiger partial charge >= 0.3 is 6.18 Å². The maximum absolute atomic E-state index is 13.0. The second-order valence-corrected chi connectivity index (χ2v) is 5.04. The van der Waals surface area contributed by atoms with Crippen molar-refractivity contribution in [2.75, 3.05) is 12.3 Å². The lowest BCUT2D eigenvalue weighted by molar-refractivity contribution is -0.249. The summed E-state index contributed by atoms with van der Waals surface area (Å²) in [5, 5.41) is 0. The lowest BCUT2D eigenvalue weighted by Crippen LogP contribution is -2.60. The van der Waals surface area contributed by atoms with Crippen LogP contribution in [0, 0.1) is 0 Å². The molecule has 0 amide bonds. The summed E-state index contributed by atoms with van der Waals surface area (Å²) in [6.45, 7) is 2.16. The highest BCUT2D eigenvalue weighted by Crippen LogP contribution is 2.40. The Morgan fingerprint density at radius 3 is 2.40 bits per heavy atom. The lowest BCUT2D eigenvalue weighted by Gasteiger charge is -2.40. The van der Waals surface area contributed by atoms with E-state index in [1.165, 1.54) is 0 Å². The average molecular weight is 288 g/mol. The van der Waals surface area contributed by atoms with E-state index in [0.29, 0.717) is 5.69 Å². The topological polar surface area (TPSA) is 86.5 Å². The molecule has 5 nitrogen and oxygen atoms in total. The predicted octanol–water partition coefficient (Wildman–Crippen LogP) is 1.59. The molecule has 0 aliphatic carbocycles. The number of nitrogens with zero attached hydrogens (tertiary/aromatic N) is 2. The van der Waals surface area contributed by atoms with Crippen LogP contribution in [-0.4, -0.2) is 29.2 Å². The number of amidine groups is 1. The number of nitrogens with two attached hydrogens (primary N) is 2. The van der Waals surface area contributed by atoms with Crippen LogP contribution in [0.25, 0.3) is 0 Å². The Balaban J connectivity index is 2.44. The van der Waals surface area contributed by atoms with Crippen molar-refractivity contribution in [1.29, 1.82) is 0 Å². The molecule has 1 aliphatic heterocycles. The van der Waals surface area contributed by atoms with Crippen molar-refractivity contribution in [1.82, 2.24) is 4.98 Å². The van der Waals surface area contributed by atoms with Crippen LogP contribution in [-0.2, 0) is 10.3 Å². The van der Waals surface area contributed by atoms with Crippen LogP contribution in [0.3, 0.4) is 0 Å². The van der Waals surface area contributed by atoms with Gasteiger partial charge in [0.25, 0.3) is 0 Å². The summed E-state index contributed by atoms with van der Waals surface area (Å²) in [5.74, 6) is -0.371. The Kier molecular flexibility index (Phi) is 3.16. The Hall–Kier alpha value is -1.83. The minimum Gasteiger partial charge on any atom is -0.385 e. The van der Waals surface area contributed by atoms with E-state index in [1.807, 2.05) is 0 Å². The molecule has 2 atom stereocenters. The van der Waals surface area contributed by atoms with Gasteiger partial charge in [-0.2, -0.15) is 13.2 Å². The minimum absolute atomic E-state index is 0.252. The number of pyridine rings is 1. The summed E-state index contributed by atoms with van der Waals surface area (Å²) in [6, 6.07) is 4.84. The van der Waals surface area contributed by atoms with Crippen LogP contribution in [0.15, 0.2) is 23.2 Å². The highest BCUT2D eigenvalue weighted by atomic mass is 19.4. The Bertz CT molecular complexity index is 560. The minimum atomic E-state index is -4.63. The van der Waals surface area contributed by atoms with Gasteiger partial charge < -0.3 is 16.2 Å². The van der Waals surface area contributed by atoms with E-state index >= 15 is 0 Å². The van der Waals surface area contributed by atoms with Gasteiger partial charge in [0.1, 0.15) is 17.2 Å². The number of aliphatic imine (C=N–C) groups is 1. The van der Waals surface area contributed by atoms with Crippen LogP contribution in [0.5, 0.6) is 0 Å². The van der Waals surface area contributed by atoms with Crippen LogP contribution in [0.2, 0.25) is 0 Å². The van der Waals surface area contributed by atoms with Gasteiger partial charge in [0, 0.05) is 0 Å². The zero-order valence-electron chi connectivity index (χ0n) is 11.0. The van der Waals surface area contributed by atoms with E-state index in [1.54, 1.807) is 25.1 Å². The highest BCUT2D eigenvalue weighted by Gasteiger charge is 2.59. The highest BCUT2D eigenvalue weighted by molar-refractivity contribution is 5.90. The number of ether oxygens (including phenoxy) is 1. The summed E-state index contributed by atoms with van der Waals surface area (Å²) in [4.78, 5) is 8.04. The third-order valence-corrected chi connectivity index (χ3v) is 3.36. The van der Waals surface area contributed by atoms with Gasteiger partial charge in [-0.05, 0) is 26.0 Å². The first-order chi connectivity index (χ1) is 9.08. The van der Waals surface area contributed by atoms with Crippen molar-refractivity contribution in [2.45, 2.75) is 31.2 Å². The third kappa shape index (κ3) is 2.20. The fraction of sp³-hybridized carbons (Fsp3) is 0.500. The summed E-state index contributed by atoms with van der Waals surface area (Å²) >= 11 is 0. The van der Waals surface area contributed by atoms with Crippen LogP contribution >= 0.6 is 0 Å². The van der Waals surface area contributed by atoms with Crippen molar-refractivity contribution >= 4 is 11.7 Å². The summed E-state index contributed by atoms with van der Waals surface area (Å²) in [7, 11) is 0. The predicted molar refractivity (Wildman–Crippen MR) is 68.0 cm³/mol. The molecule has 4 N–H and O–H groups in total. The molecule has 2 rings (SSSR count). The Morgan fingerprint density at radius 1 is 1.25 bits per heavy atom. The fourth-order valence-electron chi connectivity index (χ4n) is 1.87. The zero-order valence-corrected chi connectivity index (χ0v) is 11.0. The smallest absolute Gasteiger partial charge is 0.385 e. The molecule has 2 unspecified atom stereocenters. The van der Waals surface area contributed by atoms with Crippen molar-refractivity contribution < 1.29 is 17.9 Å².